The SMILES string of the molecule is Cc1cccc(C2=CCN([C@@H](C)c3cnccn3)CC2)c1. The molecule has 0 N–H and O–H groups in total. The van der Waals surface area contributed by atoms with E-state index in [2.05, 4.69) is 59.1 Å². The topological polar surface area (TPSA) is 29.0 Å². The van der Waals surface area contributed by atoms with Crippen LogP contribution in [0.4, 0.5) is 0 Å². The first kappa shape index (κ1) is 14.0. The lowest BCUT2D eigenvalue weighted by molar-refractivity contribution is 0.229. The molecule has 1 atom stereocenters. The number of nitrogens with zero attached hydrogens (tertiary/aromatic N) is 3. The zero-order chi connectivity index (χ0) is 14.7. The van der Waals surface area contributed by atoms with Crippen molar-refractivity contribution < 1.29 is 0 Å². The summed E-state index contributed by atoms with van der Waals surface area (Å²) < 4.78 is 0. The van der Waals surface area contributed by atoms with Crippen LogP contribution in [0.3, 0.4) is 0 Å². The first-order chi connectivity index (χ1) is 10.2. The Balaban J connectivity index is 1.72. The maximum absolute atomic E-state index is 4.42. The van der Waals surface area contributed by atoms with E-state index >= 15 is 0 Å². The number of hydrogen-bond donors (Lipinski definition) is 0. The van der Waals surface area contributed by atoms with E-state index in [1.165, 1.54) is 16.7 Å². The van der Waals surface area contributed by atoms with E-state index in [1.807, 2.05) is 6.20 Å². The lowest BCUT2D eigenvalue weighted by Gasteiger charge is -2.31. The summed E-state index contributed by atoms with van der Waals surface area (Å²) in [7, 11) is 0. The summed E-state index contributed by atoms with van der Waals surface area (Å²) in [6.07, 6.45) is 8.80. The van der Waals surface area contributed by atoms with Crippen molar-refractivity contribution in [1.29, 1.82) is 0 Å². The number of hydrogen-bond acceptors (Lipinski definition) is 3. The third kappa shape index (κ3) is 3.19. The number of benzene rings is 1. The first-order valence-electron chi connectivity index (χ1n) is 7.50. The highest BCUT2D eigenvalue weighted by Crippen LogP contribution is 2.27. The van der Waals surface area contributed by atoms with E-state index in [0.29, 0.717) is 6.04 Å². The van der Waals surface area contributed by atoms with Crippen molar-refractivity contribution in [3.05, 3.63) is 65.8 Å². The maximum atomic E-state index is 4.42. The van der Waals surface area contributed by atoms with Gasteiger partial charge in [-0.15, -0.1) is 0 Å². The average Bonchev–Trinajstić information content (AvgIpc) is 2.55. The monoisotopic (exact) mass is 279 g/mol. The second kappa shape index (κ2) is 6.19. The van der Waals surface area contributed by atoms with Crippen LogP contribution in [0.25, 0.3) is 5.57 Å². The van der Waals surface area contributed by atoms with Gasteiger partial charge in [-0.05, 0) is 31.4 Å². The standard InChI is InChI=1S/C18H21N3/c1-14-4-3-5-17(12-14)16-6-10-21(11-7-16)15(2)18-13-19-8-9-20-18/h3-6,8-9,12-13,15H,7,10-11H2,1-2H3/t15-/m0/s1. The Hall–Kier alpha value is -2.00. The molecule has 21 heavy (non-hydrogen) atoms. The summed E-state index contributed by atoms with van der Waals surface area (Å²) in [4.78, 5) is 11.0. The molecular weight excluding hydrogens is 258 g/mol. The minimum atomic E-state index is 0.314. The molecule has 0 unspecified atom stereocenters. The fourth-order valence-corrected chi connectivity index (χ4v) is 2.86. The molecule has 1 aliphatic heterocycles. The van der Waals surface area contributed by atoms with Gasteiger partial charge in [-0.1, -0.05) is 35.9 Å². The Labute approximate surface area is 126 Å². The smallest absolute Gasteiger partial charge is 0.0755 e. The van der Waals surface area contributed by atoms with Crippen molar-refractivity contribution in [3.8, 4) is 0 Å². The van der Waals surface area contributed by atoms with Crippen molar-refractivity contribution in [2.45, 2.75) is 26.3 Å². The fraction of sp³-hybridized carbons (Fsp3) is 0.333. The van der Waals surface area contributed by atoms with Gasteiger partial charge >= 0.3 is 0 Å². The highest BCUT2D eigenvalue weighted by atomic mass is 15.2. The van der Waals surface area contributed by atoms with Crippen LogP contribution in [0.15, 0.2) is 48.9 Å². The van der Waals surface area contributed by atoms with Crippen LogP contribution in [-0.4, -0.2) is 28.0 Å². The molecule has 0 spiro atoms. The Bertz CT molecular complexity index is 634. The van der Waals surface area contributed by atoms with Gasteiger partial charge in [-0.25, -0.2) is 0 Å². The van der Waals surface area contributed by atoms with Crippen molar-refractivity contribution >= 4 is 5.57 Å². The molecule has 2 heterocycles. The summed E-state index contributed by atoms with van der Waals surface area (Å²) in [6.45, 7) is 6.39. The maximum Gasteiger partial charge on any atom is 0.0755 e. The summed E-state index contributed by atoms with van der Waals surface area (Å²) in [5, 5.41) is 0. The van der Waals surface area contributed by atoms with Crippen LogP contribution in [0, 0.1) is 6.92 Å². The van der Waals surface area contributed by atoms with Crippen LogP contribution in [-0.2, 0) is 0 Å². The molecule has 0 bridgehead atoms. The summed E-state index contributed by atoms with van der Waals surface area (Å²) in [6, 6.07) is 9.08. The summed E-state index contributed by atoms with van der Waals surface area (Å²) >= 11 is 0. The molecule has 2 aromatic rings. The van der Waals surface area contributed by atoms with E-state index < -0.39 is 0 Å². The molecule has 3 rings (SSSR count). The minimum absolute atomic E-state index is 0.314. The first-order valence-corrected chi connectivity index (χ1v) is 7.50. The van der Waals surface area contributed by atoms with Crippen LogP contribution < -0.4 is 0 Å². The third-order valence-corrected chi connectivity index (χ3v) is 4.19. The van der Waals surface area contributed by atoms with Gasteiger partial charge in [0.15, 0.2) is 0 Å². The minimum Gasteiger partial charge on any atom is -0.291 e. The molecule has 1 aromatic carbocycles. The van der Waals surface area contributed by atoms with Gasteiger partial charge in [0.2, 0.25) is 0 Å². The van der Waals surface area contributed by atoms with Crippen LogP contribution >= 0.6 is 0 Å². The normalized spacial score (nSPS) is 17.3. The predicted molar refractivity (Wildman–Crippen MR) is 85.8 cm³/mol. The molecule has 0 saturated heterocycles. The molecule has 0 aliphatic carbocycles. The van der Waals surface area contributed by atoms with Crippen LogP contribution in [0.5, 0.6) is 0 Å². The van der Waals surface area contributed by atoms with Gasteiger partial charge in [0.25, 0.3) is 0 Å². The zero-order valence-corrected chi connectivity index (χ0v) is 12.7. The van der Waals surface area contributed by atoms with Crippen molar-refractivity contribution in [3.63, 3.8) is 0 Å². The average molecular weight is 279 g/mol. The van der Waals surface area contributed by atoms with E-state index in [9.17, 15) is 0 Å². The predicted octanol–water partition coefficient (Wildman–Crippen LogP) is 3.64. The molecular formula is C18H21N3. The molecule has 0 amide bonds. The van der Waals surface area contributed by atoms with Crippen molar-refractivity contribution in [1.82, 2.24) is 14.9 Å². The Kier molecular flexibility index (Phi) is 4.11. The van der Waals surface area contributed by atoms with Gasteiger partial charge in [0.1, 0.15) is 0 Å². The van der Waals surface area contributed by atoms with Gasteiger partial charge in [0, 0.05) is 31.7 Å². The molecule has 0 radical (unpaired) electrons. The van der Waals surface area contributed by atoms with E-state index in [-0.39, 0.29) is 0 Å². The molecule has 108 valence electrons. The van der Waals surface area contributed by atoms with Gasteiger partial charge < -0.3 is 0 Å². The second-order valence-corrected chi connectivity index (χ2v) is 5.65. The largest absolute Gasteiger partial charge is 0.291 e. The third-order valence-electron chi connectivity index (χ3n) is 4.19. The lowest BCUT2D eigenvalue weighted by atomic mass is 9.97. The quantitative estimate of drug-likeness (QED) is 0.859. The molecule has 0 fully saturated rings. The highest BCUT2D eigenvalue weighted by Gasteiger charge is 2.20. The zero-order valence-electron chi connectivity index (χ0n) is 12.7. The Morgan fingerprint density at radius 2 is 2.14 bits per heavy atom. The summed E-state index contributed by atoms with van der Waals surface area (Å²) in [5.41, 5.74) is 5.19. The van der Waals surface area contributed by atoms with E-state index in [4.69, 9.17) is 0 Å². The second-order valence-electron chi connectivity index (χ2n) is 5.65. The van der Waals surface area contributed by atoms with E-state index in [0.717, 1.165) is 25.2 Å². The highest BCUT2D eigenvalue weighted by molar-refractivity contribution is 5.67. The summed E-state index contributed by atoms with van der Waals surface area (Å²) in [5.74, 6) is 0. The molecule has 1 aliphatic rings. The van der Waals surface area contributed by atoms with Crippen LogP contribution in [0.2, 0.25) is 0 Å². The van der Waals surface area contributed by atoms with Gasteiger partial charge in [-0.3, -0.25) is 14.9 Å². The molecule has 3 heteroatoms. The Morgan fingerprint density at radius 3 is 2.81 bits per heavy atom. The number of aromatic nitrogens is 2. The van der Waals surface area contributed by atoms with Gasteiger partial charge in [0.05, 0.1) is 11.7 Å². The molecule has 3 nitrogen and oxygen atoms in total. The molecule has 1 aromatic heterocycles. The molecule has 0 saturated carbocycles. The Morgan fingerprint density at radius 1 is 1.24 bits per heavy atom. The van der Waals surface area contributed by atoms with Gasteiger partial charge in [-0.2, -0.15) is 0 Å². The fourth-order valence-electron chi connectivity index (χ4n) is 2.86. The van der Waals surface area contributed by atoms with Crippen LogP contribution in [0.1, 0.15) is 36.2 Å². The lowest BCUT2D eigenvalue weighted by Crippen LogP contribution is -2.31. The van der Waals surface area contributed by atoms with Crippen molar-refractivity contribution in [2.75, 3.05) is 13.1 Å². The van der Waals surface area contributed by atoms with Crippen molar-refractivity contribution in [2.24, 2.45) is 0 Å². The number of rotatable bonds is 3. The van der Waals surface area contributed by atoms with E-state index in [1.54, 1.807) is 12.4 Å². The number of aryl methyl sites for hydroxylation is 1.